The van der Waals surface area contributed by atoms with Gasteiger partial charge < -0.3 is 4.79 Å². The van der Waals surface area contributed by atoms with Crippen molar-refractivity contribution in [3.05, 3.63) is 35.8 Å². The van der Waals surface area contributed by atoms with Gasteiger partial charge in [0.1, 0.15) is 5.78 Å². The number of nitrogens with zero attached hydrogens (tertiary/aromatic N) is 1. The SMILES string of the molecule is [C-]#[N+]C1=C[C@@]2(C)C(CC[C@]3(C)[C@@H]2CC(=O)[C@@H]2[C@@H]4CC(C)(C)CC[C@]4(C=C)CC[C@]23C)C(C)(C)C1=O. The van der Waals surface area contributed by atoms with Crippen molar-refractivity contribution in [2.24, 2.45) is 56.2 Å². The van der Waals surface area contributed by atoms with E-state index in [0.717, 1.165) is 38.5 Å². The van der Waals surface area contributed by atoms with Crippen molar-refractivity contribution in [3.8, 4) is 0 Å². The van der Waals surface area contributed by atoms with Gasteiger partial charge in [-0.3, -0.25) is 4.79 Å². The van der Waals surface area contributed by atoms with E-state index in [4.69, 9.17) is 6.57 Å². The molecule has 0 N–H and O–H groups in total. The zero-order chi connectivity index (χ0) is 25.8. The Morgan fingerprint density at radius 2 is 1.60 bits per heavy atom. The van der Waals surface area contributed by atoms with Gasteiger partial charge in [0, 0.05) is 17.8 Å². The van der Waals surface area contributed by atoms with Crippen LogP contribution in [0.1, 0.15) is 99.8 Å². The summed E-state index contributed by atoms with van der Waals surface area (Å²) in [6.07, 6.45) is 12.5. The first-order chi connectivity index (χ1) is 16.1. The summed E-state index contributed by atoms with van der Waals surface area (Å²) in [7, 11) is 0. The van der Waals surface area contributed by atoms with E-state index >= 15 is 0 Å². The second kappa shape index (κ2) is 7.20. The minimum Gasteiger partial charge on any atom is -0.307 e. The number of ketones is 2. The summed E-state index contributed by atoms with van der Waals surface area (Å²) in [5, 5.41) is 0. The Hall–Kier alpha value is -1.69. The van der Waals surface area contributed by atoms with Crippen LogP contribution in [0.15, 0.2) is 24.4 Å². The van der Waals surface area contributed by atoms with E-state index in [0.29, 0.717) is 23.8 Å². The first-order valence-corrected chi connectivity index (χ1v) is 13.9. The number of rotatable bonds is 1. The van der Waals surface area contributed by atoms with Crippen LogP contribution >= 0.6 is 0 Å². The summed E-state index contributed by atoms with van der Waals surface area (Å²) in [6.45, 7) is 28.1. The quantitative estimate of drug-likeness (QED) is 0.286. The molecule has 0 bridgehead atoms. The Balaban J connectivity index is 1.64. The molecule has 5 aliphatic carbocycles. The first-order valence-electron chi connectivity index (χ1n) is 13.9. The molecule has 0 aliphatic heterocycles. The number of hydrogen-bond acceptors (Lipinski definition) is 2. The van der Waals surface area contributed by atoms with E-state index in [2.05, 4.69) is 52.1 Å². The van der Waals surface area contributed by atoms with Gasteiger partial charge in [-0.1, -0.05) is 60.6 Å². The summed E-state index contributed by atoms with van der Waals surface area (Å²) in [5.74, 6) is 1.22. The summed E-state index contributed by atoms with van der Waals surface area (Å²) >= 11 is 0. The molecular weight excluding hydrogens is 430 g/mol. The summed E-state index contributed by atoms with van der Waals surface area (Å²) in [6, 6.07) is 0. The van der Waals surface area contributed by atoms with E-state index in [1.54, 1.807) is 0 Å². The molecule has 5 rings (SSSR count). The Bertz CT molecular complexity index is 1070. The summed E-state index contributed by atoms with van der Waals surface area (Å²) in [5.41, 5.74) is -0.291. The van der Waals surface area contributed by atoms with Crippen LogP contribution in [0.4, 0.5) is 0 Å². The Kier molecular flexibility index (Phi) is 5.14. The monoisotopic (exact) mass is 475 g/mol. The molecule has 190 valence electrons. The molecule has 0 amide bonds. The van der Waals surface area contributed by atoms with Crippen molar-refractivity contribution in [1.82, 2.24) is 0 Å². The zero-order valence-electron chi connectivity index (χ0n) is 23.1. The van der Waals surface area contributed by atoms with E-state index in [-0.39, 0.29) is 50.6 Å². The maximum atomic E-state index is 14.4. The third kappa shape index (κ3) is 2.95. The van der Waals surface area contributed by atoms with Crippen molar-refractivity contribution in [2.45, 2.75) is 99.8 Å². The highest BCUT2D eigenvalue weighted by Crippen LogP contribution is 2.75. The van der Waals surface area contributed by atoms with Gasteiger partial charge in [-0.15, -0.1) is 6.58 Å². The lowest BCUT2D eigenvalue weighted by molar-refractivity contribution is -0.217. The molecule has 5 aliphatic rings. The van der Waals surface area contributed by atoms with Crippen LogP contribution < -0.4 is 0 Å². The molecule has 4 fully saturated rings. The number of carbonyl (C=O) groups is 2. The maximum absolute atomic E-state index is 14.4. The molecule has 0 spiro atoms. The molecule has 4 saturated carbocycles. The van der Waals surface area contributed by atoms with Crippen molar-refractivity contribution >= 4 is 11.6 Å². The Morgan fingerprint density at radius 1 is 0.943 bits per heavy atom. The lowest BCUT2D eigenvalue weighted by Gasteiger charge is -2.72. The third-order valence-corrected chi connectivity index (χ3v) is 12.9. The average molecular weight is 476 g/mol. The largest absolute Gasteiger partial charge is 0.307 e. The second-order valence-electron chi connectivity index (χ2n) is 15.1. The van der Waals surface area contributed by atoms with E-state index in [1.807, 2.05) is 19.9 Å². The number of carbonyl (C=O) groups excluding carboxylic acids is 2. The fraction of sp³-hybridized carbons (Fsp3) is 0.781. The van der Waals surface area contributed by atoms with Crippen molar-refractivity contribution in [2.75, 3.05) is 0 Å². The minimum absolute atomic E-state index is 0.00580. The molecule has 3 heteroatoms. The minimum atomic E-state index is -0.566. The van der Waals surface area contributed by atoms with E-state index in [9.17, 15) is 9.59 Å². The highest BCUT2D eigenvalue weighted by atomic mass is 16.1. The highest BCUT2D eigenvalue weighted by Gasteiger charge is 2.71. The van der Waals surface area contributed by atoms with Crippen LogP contribution in [0.3, 0.4) is 0 Å². The van der Waals surface area contributed by atoms with Gasteiger partial charge in [0.05, 0.1) is 6.57 Å². The molecule has 0 radical (unpaired) electrons. The van der Waals surface area contributed by atoms with Crippen LogP contribution in [-0.2, 0) is 9.59 Å². The fourth-order valence-corrected chi connectivity index (χ4v) is 10.7. The second-order valence-corrected chi connectivity index (χ2v) is 15.1. The molecule has 3 nitrogen and oxygen atoms in total. The van der Waals surface area contributed by atoms with Crippen LogP contribution in [-0.4, -0.2) is 11.6 Å². The van der Waals surface area contributed by atoms with Crippen molar-refractivity contribution < 1.29 is 9.59 Å². The van der Waals surface area contributed by atoms with Gasteiger partial charge in [0.2, 0.25) is 5.70 Å². The predicted molar refractivity (Wildman–Crippen MR) is 140 cm³/mol. The smallest absolute Gasteiger partial charge is 0.226 e. The average Bonchev–Trinajstić information content (AvgIpc) is 2.77. The number of hydrogen-bond donors (Lipinski definition) is 0. The molecule has 0 aromatic heterocycles. The lowest BCUT2D eigenvalue weighted by Crippen LogP contribution is -2.68. The van der Waals surface area contributed by atoms with E-state index < -0.39 is 5.41 Å². The molecule has 0 heterocycles. The van der Waals surface area contributed by atoms with Crippen LogP contribution in [0.25, 0.3) is 4.85 Å². The number of fused-ring (bicyclic) bond motifs is 7. The fourth-order valence-electron chi connectivity index (χ4n) is 10.7. The lowest BCUT2D eigenvalue weighted by atomic mass is 9.31. The first kappa shape index (κ1) is 25.0. The van der Waals surface area contributed by atoms with Gasteiger partial charge in [-0.05, 0) is 89.8 Å². The van der Waals surface area contributed by atoms with E-state index in [1.165, 1.54) is 6.42 Å². The summed E-state index contributed by atoms with van der Waals surface area (Å²) < 4.78 is 0. The molecule has 1 unspecified atom stereocenters. The number of allylic oxidation sites excluding steroid dienone is 3. The van der Waals surface area contributed by atoms with Crippen molar-refractivity contribution in [1.29, 1.82) is 0 Å². The zero-order valence-corrected chi connectivity index (χ0v) is 23.1. The van der Waals surface area contributed by atoms with Crippen LogP contribution in [0, 0.1) is 62.7 Å². The maximum Gasteiger partial charge on any atom is 0.226 e. The molecule has 0 aromatic rings. The normalized spacial score (nSPS) is 49.9. The Labute approximate surface area is 213 Å². The van der Waals surface area contributed by atoms with Crippen molar-refractivity contribution in [3.63, 3.8) is 0 Å². The molecule has 0 aromatic carbocycles. The summed E-state index contributed by atoms with van der Waals surface area (Å²) in [4.78, 5) is 31.3. The van der Waals surface area contributed by atoms with Crippen LogP contribution in [0.2, 0.25) is 0 Å². The number of Topliss-reactive ketones (excluding diaryl/α,β-unsaturated/α-hetero) is 2. The van der Waals surface area contributed by atoms with Gasteiger partial charge in [0.15, 0.2) is 5.78 Å². The van der Waals surface area contributed by atoms with Gasteiger partial charge in [0.25, 0.3) is 0 Å². The molecule has 0 saturated heterocycles. The molecule has 8 atom stereocenters. The predicted octanol–water partition coefficient (Wildman–Crippen LogP) is 7.83. The molecule has 35 heavy (non-hydrogen) atoms. The topological polar surface area (TPSA) is 38.5 Å². The van der Waals surface area contributed by atoms with Gasteiger partial charge in [-0.25, -0.2) is 4.85 Å². The van der Waals surface area contributed by atoms with Gasteiger partial charge in [-0.2, -0.15) is 0 Å². The Morgan fingerprint density at radius 3 is 2.23 bits per heavy atom. The van der Waals surface area contributed by atoms with Gasteiger partial charge >= 0.3 is 0 Å². The highest BCUT2D eigenvalue weighted by molar-refractivity contribution is 6.02. The third-order valence-electron chi connectivity index (χ3n) is 12.9. The van der Waals surface area contributed by atoms with Crippen LogP contribution in [0.5, 0.6) is 0 Å². The standard InChI is InChI=1S/C32H45NO2/c1-10-32-15-13-27(2,3)18-20(32)25-22(34)17-24-29(6)19-21(33-9)26(35)28(4,5)23(29)11-12-30(24,7)31(25,8)14-16-32/h10,19-20,23-25H,1,11-18H2,2-8H3/t20-,23?,24+,25-,29-,30+,31+,32+/m0/s1. The molecular formula is C32H45NO2.